The smallest absolute Gasteiger partial charge is 0.231 e. The highest BCUT2D eigenvalue weighted by Gasteiger charge is 2.28. The van der Waals surface area contributed by atoms with Gasteiger partial charge in [0, 0.05) is 18.7 Å². The van der Waals surface area contributed by atoms with Crippen LogP contribution in [0.1, 0.15) is 6.42 Å². The Morgan fingerprint density at radius 2 is 2.12 bits per heavy atom. The summed E-state index contributed by atoms with van der Waals surface area (Å²) in [5.74, 6) is 1.23. The number of ether oxygens (including phenoxy) is 2. The van der Waals surface area contributed by atoms with Crippen LogP contribution in [0, 0.1) is 5.92 Å². The molecule has 2 aliphatic rings. The van der Waals surface area contributed by atoms with E-state index in [1.807, 2.05) is 30.3 Å². The van der Waals surface area contributed by atoms with Crippen molar-refractivity contribution in [1.29, 1.82) is 0 Å². The number of nitrogens with zero attached hydrogens (tertiary/aromatic N) is 2. The summed E-state index contributed by atoms with van der Waals surface area (Å²) >= 11 is 1.65. The van der Waals surface area contributed by atoms with Crippen molar-refractivity contribution in [2.24, 2.45) is 11.7 Å². The number of aromatic nitrogens is 1. The number of thiazole rings is 1. The number of primary amides is 1. The second-order valence-electron chi connectivity index (χ2n) is 6.55. The molecule has 0 radical (unpaired) electrons. The highest BCUT2D eigenvalue weighted by atomic mass is 32.1. The summed E-state index contributed by atoms with van der Waals surface area (Å²) < 4.78 is 12.0. The average Bonchev–Trinajstić information content (AvgIpc) is 3.37. The molecule has 7 heteroatoms. The monoisotopic (exact) mass is 367 g/mol. The summed E-state index contributed by atoms with van der Waals surface area (Å²) in [6.07, 6.45) is 0.792. The van der Waals surface area contributed by atoms with Crippen LogP contribution in [0.4, 0.5) is 5.13 Å². The molecule has 5 rings (SSSR count). The molecule has 2 aromatic carbocycles. The van der Waals surface area contributed by atoms with Crippen LogP contribution < -0.4 is 20.1 Å². The molecule has 0 aliphatic carbocycles. The van der Waals surface area contributed by atoms with Crippen LogP contribution in [0.5, 0.6) is 11.5 Å². The molecule has 1 fully saturated rings. The minimum Gasteiger partial charge on any atom is -0.454 e. The Bertz CT molecular complexity index is 1020. The van der Waals surface area contributed by atoms with E-state index in [-0.39, 0.29) is 18.6 Å². The SMILES string of the molecule is NC(=O)C1CCN(c2nc3cccc(-c4ccc5c(c4)OCO5)c3s2)C1. The molecule has 2 aliphatic heterocycles. The fourth-order valence-electron chi connectivity index (χ4n) is 3.53. The first-order valence-corrected chi connectivity index (χ1v) is 9.34. The van der Waals surface area contributed by atoms with Crippen LogP contribution in [0.15, 0.2) is 36.4 Å². The molecular weight excluding hydrogens is 350 g/mol. The Morgan fingerprint density at radius 1 is 1.23 bits per heavy atom. The van der Waals surface area contributed by atoms with Crippen molar-refractivity contribution in [2.75, 3.05) is 24.8 Å². The Hall–Kier alpha value is -2.80. The topological polar surface area (TPSA) is 77.7 Å². The number of hydrogen-bond donors (Lipinski definition) is 1. The molecule has 1 amide bonds. The van der Waals surface area contributed by atoms with Crippen LogP contribution in [0.3, 0.4) is 0 Å². The van der Waals surface area contributed by atoms with Gasteiger partial charge in [0.2, 0.25) is 12.7 Å². The average molecular weight is 367 g/mol. The molecule has 3 heterocycles. The third-order valence-electron chi connectivity index (χ3n) is 4.95. The van der Waals surface area contributed by atoms with Gasteiger partial charge in [-0.2, -0.15) is 0 Å². The van der Waals surface area contributed by atoms with Gasteiger partial charge in [0.05, 0.1) is 16.1 Å². The standard InChI is InChI=1S/C19H17N3O3S/c20-18(23)12-6-7-22(9-12)19-21-14-3-1-2-13(17(14)26-19)11-4-5-15-16(8-11)25-10-24-15/h1-5,8,12H,6-7,9-10H2,(H2,20,23). The second-order valence-corrected chi connectivity index (χ2v) is 7.53. The van der Waals surface area contributed by atoms with Gasteiger partial charge in [0.25, 0.3) is 0 Å². The zero-order chi connectivity index (χ0) is 17.7. The molecule has 26 heavy (non-hydrogen) atoms. The molecule has 0 saturated carbocycles. The van der Waals surface area contributed by atoms with E-state index < -0.39 is 0 Å². The van der Waals surface area contributed by atoms with Crippen LogP contribution in [-0.2, 0) is 4.79 Å². The van der Waals surface area contributed by atoms with E-state index in [2.05, 4.69) is 11.0 Å². The number of hydrogen-bond acceptors (Lipinski definition) is 6. The minimum absolute atomic E-state index is 0.0876. The summed E-state index contributed by atoms with van der Waals surface area (Å²) in [7, 11) is 0. The van der Waals surface area contributed by atoms with Crippen molar-refractivity contribution >= 4 is 32.6 Å². The summed E-state index contributed by atoms with van der Waals surface area (Å²) in [4.78, 5) is 18.4. The van der Waals surface area contributed by atoms with Gasteiger partial charge in [-0.3, -0.25) is 4.79 Å². The third kappa shape index (κ3) is 2.47. The fourth-order valence-corrected chi connectivity index (χ4v) is 4.67. The highest BCUT2D eigenvalue weighted by molar-refractivity contribution is 7.22. The van der Waals surface area contributed by atoms with Crippen LogP contribution >= 0.6 is 11.3 Å². The highest BCUT2D eigenvalue weighted by Crippen LogP contribution is 2.41. The maximum absolute atomic E-state index is 11.4. The third-order valence-corrected chi connectivity index (χ3v) is 6.11. The number of fused-ring (bicyclic) bond motifs is 2. The summed E-state index contributed by atoms with van der Waals surface area (Å²) in [5.41, 5.74) is 8.61. The number of amides is 1. The van der Waals surface area contributed by atoms with Gasteiger partial charge in [-0.15, -0.1) is 0 Å². The Morgan fingerprint density at radius 3 is 2.96 bits per heavy atom. The van der Waals surface area contributed by atoms with E-state index in [0.29, 0.717) is 6.54 Å². The van der Waals surface area contributed by atoms with Crippen molar-refractivity contribution in [3.05, 3.63) is 36.4 Å². The van der Waals surface area contributed by atoms with Crippen LogP contribution in [0.2, 0.25) is 0 Å². The summed E-state index contributed by atoms with van der Waals surface area (Å²) in [5, 5.41) is 0.942. The normalized spacial score (nSPS) is 18.6. The minimum atomic E-state index is -0.227. The van der Waals surface area contributed by atoms with Crippen LogP contribution in [-0.4, -0.2) is 30.8 Å². The number of anilines is 1. The van der Waals surface area contributed by atoms with Crippen molar-refractivity contribution < 1.29 is 14.3 Å². The first-order chi connectivity index (χ1) is 12.7. The lowest BCUT2D eigenvalue weighted by Gasteiger charge is -2.13. The van der Waals surface area contributed by atoms with Gasteiger partial charge in [-0.1, -0.05) is 29.5 Å². The number of nitrogens with two attached hydrogens (primary N) is 1. The summed E-state index contributed by atoms with van der Waals surface area (Å²) in [6, 6.07) is 12.1. The van der Waals surface area contributed by atoms with Crippen molar-refractivity contribution in [2.45, 2.75) is 6.42 Å². The van der Waals surface area contributed by atoms with E-state index in [1.54, 1.807) is 11.3 Å². The number of rotatable bonds is 3. The van der Waals surface area contributed by atoms with Gasteiger partial charge >= 0.3 is 0 Å². The Balaban J connectivity index is 1.54. The van der Waals surface area contributed by atoms with Crippen molar-refractivity contribution in [3.63, 3.8) is 0 Å². The first kappa shape index (κ1) is 15.5. The molecule has 0 bridgehead atoms. The van der Waals surface area contributed by atoms with E-state index in [4.69, 9.17) is 20.2 Å². The molecule has 0 spiro atoms. The Kier molecular flexibility index (Phi) is 3.49. The predicted molar refractivity (Wildman–Crippen MR) is 101 cm³/mol. The largest absolute Gasteiger partial charge is 0.454 e. The first-order valence-electron chi connectivity index (χ1n) is 8.53. The molecule has 1 saturated heterocycles. The van der Waals surface area contributed by atoms with Crippen molar-refractivity contribution in [1.82, 2.24) is 4.98 Å². The van der Waals surface area contributed by atoms with E-state index in [0.717, 1.165) is 50.9 Å². The maximum Gasteiger partial charge on any atom is 0.231 e. The molecule has 132 valence electrons. The maximum atomic E-state index is 11.4. The molecule has 3 aromatic rings. The molecule has 6 nitrogen and oxygen atoms in total. The lowest BCUT2D eigenvalue weighted by Crippen LogP contribution is -2.27. The van der Waals surface area contributed by atoms with E-state index in [1.165, 1.54) is 0 Å². The zero-order valence-corrected chi connectivity index (χ0v) is 14.8. The lowest BCUT2D eigenvalue weighted by molar-refractivity contribution is -0.121. The lowest BCUT2D eigenvalue weighted by atomic mass is 10.0. The van der Waals surface area contributed by atoms with E-state index >= 15 is 0 Å². The molecule has 1 unspecified atom stereocenters. The van der Waals surface area contributed by atoms with Crippen molar-refractivity contribution in [3.8, 4) is 22.6 Å². The fraction of sp³-hybridized carbons (Fsp3) is 0.263. The second kappa shape index (κ2) is 5.88. The van der Waals surface area contributed by atoms with Gasteiger partial charge in [0.1, 0.15) is 0 Å². The predicted octanol–water partition coefficient (Wildman–Crippen LogP) is 3.00. The number of benzene rings is 2. The van der Waals surface area contributed by atoms with Gasteiger partial charge in [-0.05, 0) is 30.2 Å². The quantitative estimate of drug-likeness (QED) is 0.770. The van der Waals surface area contributed by atoms with E-state index in [9.17, 15) is 4.79 Å². The molecular formula is C19H17N3O3S. The number of carbonyl (C=O) groups excluding carboxylic acids is 1. The van der Waals surface area contributed by atoms with Gasteiger partial charge < -0.3 is 20.1 Å². The molecule has 1 atom stereocenters. The number of carbonyl (C=O) groups is 1. The molecule has 2 N–H and O–H groups in total. The zero-order valence-electron chi connectivity index (χ0n) is 14.0. The molecule has 1 aromatic heterocycles. The van der Waals surface area contributed by atoms with Gasteiger partial charge in [-0.25, -0.2) is 4.98 Å². The van der Waals surface area contributed by atoms with Crippen LogP contribution in [0.25, 0.3) is 21.3 Å². The summed E-state index contributed by atoms with van der Waals surface area (Å²) in [6.45, 7) is 1.73. The Labute approximate surface area is 154 Å². The van der Waals surface area contributed by atoms with Gasteiger partial charge in [0.15, 0.2) is 16.6 Å².